The average molecular weight is 421 g/mol. The average Bonchev–Trinajstić information content (AvgIpc) is 3.43. The van der Waals surface area contributed by atoms with Crippen LogP contribution in [0.25, 0.3) is 10.9 Å². The fourth-order valence-corrected chi connectivity index (χ4v) is 4.13. The fourth-order valence-electron chi connectivity index (χ4n) is 4.13. The number of nitrogens with zero attached hydrogens (tertiary/aromatic N) is 1. The first-order valence-electron chi connectivity index (χ1n) is 10.5. The van der Waals surface area contributed by atoms with Crippen molar-refractivity contribution in [3.05, 3.63) is 59.8 Å². The SMILES string of the molecule is COC(=O)c1ccc(Cn2ccc3ccc(NC(=O)NC4CCCC4)cc32)c(OC)c1. The van der Waals surface area contributed by atoms with E-state index in [0.29, 0.717) is 17.9 Å². The molecule has 7 heteroatoms. The maximum Gasteiger partial charge on any atom is 0.337 e. The molecule has 2 aromatic carbocycles. The Hall–Kier alpha value is -3.48. The van der Waals surface area contributed by atoms with Crippen LogP contribution in [-0.4, -0.2) is 36.8 Å². The molecule has 0 bridgehead atoms. The zero-order chi connectivity index (χ0) is 21.8. The predicted molar refractivity (Wildman–Crippen MR) is 120 cm³/mol. The molecule has 0 radical (unpaired) electrons. The maximum absolute atomic E-state index is 12.3. The summed E-state index contributed by atoms with van der Waals surface area (Å²) in [4.78, 5) is 24.1. The lowest BCUT2D eigenvalue weighted by molar-refractivity contribution is 0.0600. The molecule has 7 nitrogen and oxygen atoms in total. The number of nitrogens with one attached hydrogen (secondary N) is 2. The maximum atomic E-state index is 12.3. The largest absolute Gasteiger partial charge is 0.496 e. The van der Waals surface area contributed by atoms with Gasteiger partial charge in [0.1, 0.15) is 5.75 Å². The Morgan fingerprint density at radius 3 is 2.61 bits per heavy atom. The van der Waals surface area contributed by atoms with E-state index >= 15 is 0 Å². The van der Waals surface area contributed by atoms with Gasteiger partial charge in [0, 0.05) is 23.5 Å². The second-order valence-corrected chi connectivity index (χ2v) is 7.82. The number of anilines is 1. The highest BCUT2D eigenvalue weighted by Gasteiger charge is 2.17. The smallest absolute Gasteiger partial charge is 0.337 e. The summed E-state index contributed by atoms with van der Waals surface area (Å²) >= 11 is 0. The van der Waals surface area contributed by atoms with E-state index in [9.17, 15) is 9.59 Å². The number of esters is 1. The Morgan fingerprint density at radius 2 is 1.87 bits per heavy atom. The van der Waals surface area contributed by atoms with E-state index in [1.807, 2.05) is 36.5 Å². The summed E-state index contributed by atoms with van der Waals surface area (Å²) in [5, 5.41) is 7.07. The Labute approximate surface area is 181 Å². The molecule has 2 amide bonds. The normalized spacial score (nSPS) is 13.9. The van der Waals surface area contributed by atoms with Gasteiger partial charge in [-0.3, -0.25) is 0 Å². The van der Waals surface area contributed by atoms with Crippen LogP contribution in [-0.2, 0) is 11.3 Å². The number of carbonyl (C=O) groups is 2. The number of methoxy groups -OCH3 is 2. The third-order valence-corrected chi connectivity index (χ3v) is 5.77. The molecule has 4 rings (SSSR count). The van der Waals surface area contributed by atoms with Gasteiger partial charge in [0.05, 0.1) is 31.8 Å². The monoisotopic (exact) mass is 421 g/mol. The minimum Gasteiger partial charge on any atom is -0.496 e. The number of rotatable bonds is 6. The molecule has 0 saturated heterocycles. The van der Waals surface area contributed by atoms with Crippen molar-refractivity contribution in [1.82, 2.24) is 9.88 Å². The number of benzene rings is 2. The van der Waals surface area contributed by atoms with Crippen LogP contribution >= 0.6 is 0 Å². The topological polar surface area (TPSA) is 81.6 Å². The van der Waals surface area contributed by atoms with Gasteiger partial charge in [0.2, 0.25) is 0 Å². The van der Waals surface area contributed by atoms with Crippen LogP contribution in [0.1, 0.15) is 41.6 Å². The van der Waals surface area contributed by atoms with E-state index in [1.54, 1.807) is 19.2 Å². The molecule has 1 heterocycles. The minimum absolute atomic E-state index is 0.163. The second-order valence-electron chi connectivity index (χ2n) is 7.82. The second kappa shape index (κ2) is 9.12. The van der Waals surface area contributed by atoms with Crippen LogP contribution in [0, 0.1) is 0 Å². The van der Waals surface area contributed by atoms with Gasteiger partial charge in [-0.05, 0) is 48.6 Å². The van der Waals surface area contributed by atoms with Gasteiger partial charge in [-0.1, -0.05) is 25.0 Å². The number of fused-ring (bicyclic) bond motifs is 1. The number of hydrogen-bond donors (Lipinski definition) is 2. The number of urea groups is 1. The summed E-state index contributed by atoms with van der Waals surface area (Å²) in [6, 6.07) is 13.3. The van der Waals surface area contributed by atoms with Crippen LogP contribution in [0.5, 0.6) is 5.75 Å². The highest BCUT2D eigenvalue weighted by atomic mass is 16.5. The first kappa shape index (κ1) is 20.8. The van der Waals surface area contributed by atoms with E-state index in [-0.39, 0.29) is 12.1 Å². The molecule has 2 N–H and O–H groups in total. The minimum atomic E-state index is -0.400. The summed E-state index contributed by atoms with van der Waals surface area (Å²) < 4.78 is 12.4. The number of carbonyl (C=O) groups excluding carboxylic acids is 2. The molecule has 0 aliphatic heterocycles. The molecule has 1 aliphatic carbocycles. The standard InChI is InChI=1S/C24H27N3O4/c1-30-22-13-17(23(28)31-2)7-8-18(22)15-27-12-11-16-9-10-20(14-21(16)27)26-24(29)25-19-5-3-4-6-19/h7-14,19H,3-6,15H2,1-2H3,(H2,25,26,29). The van der Waals surface area contributed by atoms with E-state index in [1.165, 1.54) is 20.0 Å². The lowest BCUT2D eigenvalue weighted by Crippen LogP contribution is -2.36. The zero-order valence-corrected chi connectivity index (χ0v) is 17.8. The van der Waals surface area contributed by atoms with Gasteiger partial charge in [0.15, 0.2) is 0 Å². The molecule has 31 heavy (non-hydrogen) atoms. The number of ether oxygens (including phenoxy) is 2. The quantitative estimate of drug-likeness (QED) is 0.572. The molecule has 0 atom stereocenters. The molecule has 1 aliphatic rings. The molecular formula is C24H27N3O4. The van der Waals surface area contributed by atoms with Gasteiger partial charge in [-0.2, -0.15) is 0 Å². The summed E-state index contributed by atoms with van der Waals surface area (Å²) in [6.07, 6.45) is 6.45. The van der Waals surface area contributed by atoms with Gasteiger partial charge >= 0.3 is 12.0 Å². The van der Waals surface area contributed by atoms with Crippen molar-refractivity contribution in [3.8, 4) is 5.75 Å². The molecule has 3 aromatic rings. The van der Waals surface area contributed by atoms with Gasteiger partial charge in [-0.25, -0.2) is 9.59 Å². The Morgan fingerprint density at radius 1 is 1.06 bits per heavy atom. The molecule has 0 unspecified atom stereocenters. The van der Waals surface area contributed by atoms with Crippen LogP contribution < -0.4 is 15.4 Å². The first-order chi connectivity index (χ1) is 15.1. The van der Waals surface area contributed by atoms with E-state index in [0.717, 1.165) is 35.0 Å². The summed E-state index contributed by atoms with van der Waals surface area (Å²) in [7, 11) is 2.94. The van der Waals surface area contributed by atoms with Crippen LogP contribution in [0.4, 0.5) is 10.5 Å². The summed E-state index contributed by atoms with van der Waals surface area (Å²) in [6.45, 7) is 0.561. The van der Waals surface area contributed by atoms with Crippen molar-refractivity contribution in [2.45, 2.75) is 38.3 Å². The van der Waals surface area contributed by atoms with Crippen molar-refractivity contribution in [2.24, 2.45) is 0 Å². The Bertz CT molecular complexity index is 1100. The van der Waals surface area contributed by atoms with Gasteiger partial charge in [-0.15, -0.1) is 0 Å². The van der Waals surface area contributed by atoms with Crippen molar-refractivity contribution in [2.75, 3.05) is 19.5 Å². The molecule has 162 valence electrons. The summed E-state index contributed by atoms with van der Waals surface area (Å²) in [5.74, 6) is 0.220. The first-order valence-corrected chi connectivity index (χ1v) is 10.5. The highest BCUT2D eigenvalue weighted by molar-refractivity contribution is 5.93. The van der Waals surface area contributed by atoms with E-state index in [4.69, 9.17) is 9.47 Å². The van der Waals surface area contributed by atoms with E-state index in [2.05, 4.69) is 15.2 Å². The lowest BCUT2D eigenvalue weighted by atomic mass is 10.1. The highest BCUT2D eigenvalue weighted by Crippen LogP contribution is 2.26. The lowest BCUT2D eigenvalue weighted by Gasteiger charge is -2.14. The fraction of sp³-hybridized carbons (Fsp3) is 0.333. The van der Waals surface area contributed by atoms with Crippen molar-refractivity contribution in [1.29, 1.82) is 0 Å². The number of hydrogen-bond acceptors (Lipinski definition) is 4. The molecule has 1 saturated carbocycles. The molecule has 1 fully saturated rings. The predicted octanol–water partition coefficient (Wildman–Crippen LogP) is 4.55. The van der Waals surface area contributed by atoms with Crippen LogP contribution in [0.15, 0.2) is 48.7 Å². The Balaban J connectivity index is 1.54. The van der Waals surface area contributed by atoms with Gasteiger partial charge < -0.3 is 24.7 Å². The van der Waals surface area contributed by atoms with Crippen LogP contribution in [0.2, 0.25) is 0 Å². The van der Waals surface area contributed by atoms with Gasteiger partial charge in [0.25, 0.3) is 0 Å². The Kier molecular flexibility index (Phi) is 6.11. The summed E-state index contributed by atoms with van der Waals surface area (Å²) in [5.41, 5.74) is 3.12. The van der Waals surface area contributed by atoms with Crippen molar-refractivity contribution >= 4 is 28.6 Å². The number of aromatic nitrogens is 1. The third kappa shape index (κ3) is 4.66. The van der Waals surface area contributed by atoms with Crippen LogP contribution in [0.3, 0.4) is 0 Å². The molecular weight excluding hydrogens is 394 g/mol. The molecule has 1 aromatic heterocycles. The molecule has 0 spiro atoms. The third-order valence-electron chi connectivity index (χ3n) is 5.77. The number of amides is 2. The van der Waals surface area contributed by atoms with Crippen molar-refractivity contribution < 1.29 is 19.1 Å². The van der Waals surface area contributed by atoms with Crippen molar-refractivity contribution in [3.63, 3.8) is 0 Å². The zero-order valence-electron chi connectivity index (χ0n) is 17.8. The van der Waals surface area contributed by atoms with E-state index < -0.39 is 5.97 Å².